The minimum absolute atomic E-state index is 0.0433. The van der Waals surface area contributed by atoms with Crippen LogP contribution in [0.15, 0.2) is 0 Å². The van der Waals surface area contributed by atoms with Crippen LogP contribution in [-0.4, -0.2) is 41.2 Å². The fraction of sp³-hybridized carbons (Fsp3) is 0.714. The van der Waals surface area contributed by atoms with Gasteiger partial charge in [0, 0.05) is 0 Å². The summed E-state index contributed by atoms with van der Waals surface area (Å²) >= 11 is 1.29. The molecule has 0 heterocycles. The number of carboxylic acid groups (broad SMARTS) is 1. The number of rotatable bonds is 5. The number of nitrogens with one attached hydrogen (secondary N) is 1. The SMILES string of the molecule is CSCC[C@H](NC(=O)C(F)(F)F)C(=O)O. The zero-order valence-electron chi connectivity index (χ0n) is 7.80. The van der Waals surface area contributed by atoms with Gasteiger partial charge in [0.2, 0.25) is 0 Å². The Morgan fingerprint density at radius 2 is 2.00 bits per heavy atom. The molecule has 0 radical (unpaired) electrons. The third-order valence-electron chi connectivity index (χ3n) is 1.47. The van der Waals surface area contributed by atoms with E-state index in [0.717, 1.165) is 0 Å². The maximum absolute atomic E-state index is 11.8. The van der Waals surface area contributed by atoms with E-state index in [1.807, 2.05) is 0 Å². The highest BCUT2D eigenvalue weighted by Crippen LogP contribution is 2.15. The summed E-state index contributed by atoms with van der Waals surface area (Å²) in [4.78, 5) is 20.9. The highest BCUT2D eigenvalue weighted by molar-refractivity contribution is 7.98. The monoisotopic (exact) mass is 245 g/mol. The van der Waals surface area contributed by atoms with Crippen LogP contribution in [0.3, 0.4) is 0 Å². The first-order valence-corrected chi connectivity index (χ1v) is 5.28. The Kier molecular flexibility index (Phi) is 5.48. The zero-order chi connectivity index (χ0) is 12.1. The maximum Gasteiger partial charge on any atom is 0.471 e. The van der Waals surface area contributed by atoms with Crippen molar-refractivity contribution in [2.45, 2.75) is 18.6 Å². The lowest BCUT2D eigenvalue weighted by atomic mass is 10.2. The molecule has 1 amide bonds. The average Bonchev–Trinajstić information content (AvgIpc) is 2.09. The minimum Gasteiger partial charge on any atom is -0.480 e. The Hall–Kier alpha value is -0.920. The van der Waals surface area contributed by atoms with Gasteiger partial charge in [-0.05, 0) is 18.4 Å². The molecule has 0 aromatic heterocycles. The quantitative estimate of drug-likeness (QED) is 0.754. The van der Waals surface area contributed by atoms with Gasteiger partial charge in [-0.1, -0.05) is 0 Å². The summed E-state index contributed by atoms with van der Waals surface area (Å²) in [5.41, 5.74) is 0. The molecule has 4 nitrogen and oxygen atoms in total. The molecule has 0 saturated carbocycles. The zero-order valence-corrected chi connectivity index (χ0v) is 8.61. The molecule has 0 aliphatic rings. The van der Waals surface area contributed by atoms with Gasteiger partial charge in [0.25, 0.3) is 0 Å². The van der Waals surface area contributed by atoms with E-state index in [0.29, 0.717) is 5.75 Å². The summed E-state index contributed by atoms with van der Waals surface area (Å²) < 4.78 is 35.4. The van der Waals surface area contributed by atoms with E-state index in [-0.39, 0.29) is 6.42 Å². The van der Waals surface area contributed by atoms with E-state index in [1.54, 1.807) is 6.26 Å². The van der Waals surface area contributed by atoms with Crippen molar-refractivity contribution in [3.63, 3.8) is 0 Å². The molecule has 8 heteroatoms. The number of thioether (sulfide) groups is 1. The van der Waals surface area contributed by atoms with Crippen LogP contribution in [0.5, 0.6) is 0 Å². The van der Waals surface area contributed by atoms with Crippen LogP contribution in [0.4, 0.5) is 13.2 Å². The number of hydrogen-bond donors (Lipinski definition) is 2. The first kappa shape index (κ1) is 14.1. The van der Waals surface area contributed by atoms with Gasteiger partial charge in [-0.25, -0.2) is 4.79 Å². The van der Waals surface area contributed by atoms with Gasteiger partial charge in [-0.15, -0.1) is 0 Å². The number of halogens is 3. The van der Waals surface area contributed by atoms with Crippen LogP contribution in [-0.2, 0) is 9.59 Å². The summed E-state index contributed by atoms with van der Waals surface area (Å²) in [6.45, 7) is 0. The molecule has 0 spiro atoms. The predicted molar refractivity (Wildman–Crippen MR) is 48.6 cm³/mol. The van der Waals surface area contributed by atoms with E-state index in [1.165, 1.54) is 17.1 Å². The van der Waals surface area contributed by atoms with Crippen molar-refractivity contribution < 1.29 is 27.9 Å². The van der Waals surface area contributed by atoms with Crippen LogP contribution in [0, 0.1) is 0 Å². The van der Waals surface area contributed by atoms with Crippen molar-refractivity contribution in [1.29, 1.82) is 0 Å². The lowest BCUT2D eigenvalue weighted by molar-refractivity contribution is -0.175. The molecule has 0 bridgehead atoms. The van der Waals surface area contributed by atoms with Crippen LogP contribution >= 0.6 is 11.8 Å². The Morgan fingerprint density at radius 3 is 2.33 bits per heavy atom. The second-order valence-electron chi connectivity index (χ2n) is 2.64. The summed E-state index contributed by atoms with van der Waals surface area (Å²) in [6, 6.07) is -1.49. The summed E-state index contributed by atoms with van der Waals surface area (Å²) in [7, 11) is 0. The normalized spacial score (nSPS) is 13.3. The number of amides is 1. The van der Waals surface area contributed by atoms with E-state index in [9.17, 15) is 22.8 Å². The van der Waals surface area contributed by atoms with Crippen molar-refractivity contribution in [3.05, 3.63) is 0 Å². The van der Waals surface area contributed by atoms with Gasteiger partial charge >= 0.3 is 18.1 Å². The molecule has 0 saturated heterocycles. The lowest BCUT2D eigenvalue weighted by Gasteiger charge is -2.14. The second-order valence-corrected chi connectivity index (χ2v) is 3.63. The van der Waals surface area contributed by atoms with Gasteiger partial charge in [-0.3, -0.25) is 4.79 Å². The topological polar surface area (TPSA) is 66.4 Å². The number of carbonyl (C=O) groups is 2. The second kappa shape index (κ2) is 5.84. The Bertz CT molecular complexity index is 244. The highest BCUT2D eigenvalue weighted by Gasteiger charge is 2.40. The average molecular weight is 245 g/mol. The van der Waals surface area contributed by atoms with Gasteiger partial charge < -0.3 is 10.4 Å². The molecule has 15 heavy (non-hydrogen) atoms. The Labute approximate surface area is 88.2 Å². The first-order valence-electron chi connectivity index (χ1n) is 3.88. The molecule has 0 fully saturated rings. The minimum atomic E-state index is -5.05. The van der Waals surface area contributed by atoms with Gasteiger partial charge in [-0.2, -0.15) is 24.9 Å². The van der Waals surface area contributed by atoms with Crippen LogP contribution < -0.4 is 5.32 Å². The van der Waals surface area contributed by atoms with Crippen molar-refractivity contribution in [3.8, 4) is 0 Å². The van der Waals surface area contributed by atoms with Crippen LogP contribution in [0.25, 0.3) is 0 Å². The summed E-state index contributed by atoms with van der Waals surface area (Å²) in [5, 5.41) is 9.94. The van der Waals surface area contributed by atoms with Crippen molar-refractivity contribution in [1.82, 2.24) is 5.32 Å². The first-order chi connectivity index (χ1) is 6.79. The number of hydrogen-bond acceptors (Lipinski definition) is 3. The Balaban J connectivity index is 4.29. The fourth-order valence-electron chi connectivity index (χ4n) is 0.733. The van der Waals surface area contributed by atoms with Crippen molar-refractivity contribution in [2.75, 3.05) is 12.0 Å². The number of carbonyl (C=O) groups excluding carboxylic acids is 1. The maximum atomic E-state index is 11.8. The molecule has 0 unspecified atom stereocenters. The molecular formula is C7H10F3NO3S. The predicted octanol–water partition coefficient (Wildman–Crippen LogP) is 0.871. The summed E-state index contributed by atoms with van der Waals surface area (Å²) in [6.07, 6.45) is -3.41. The molecular weight excluding hydrogens is 235 g/mol. The molecule has 0 aliphatic heterocycles. The highest BCUT2D eigenvalue weighted by atomic mass is 32.2. The molecule has 0 aromatic carbocycles. The van der Waals surface area contributed by atoms with E-state index in [4.69, 9.17) is 5.11 Å². The lowest BCUT2D eigenvalue weighted by Crippen LogP contribution is -2.47. The van der Waals surface area contributed by atoms with Crippen LogP contribution in [0.2, 0.25) is 0 Å². The molecule has 0 rings (SSSR count). The molecule has 1 atom stereocenters. The molecule has 88 valence electrons. The fourth-order valence-corrected chi connectivity index (χ4v) is 1.20. The van der Waals surface area contributed by atoms with E-state index >= 15 is 0 Å². The van der Waals surface area contributed by atoms with Crippen molar-refractivity contribution >= 4 is 23.6 Å². The molecule has 0 aromatic rings. The van der Waals surface area contributed by atoms with Gasteiger partial charge in [0.15, 0.2) is 0 Å². The van der Waals surface area contributed by atoms with Crippen LogP contribution in [0.1, 0.15) is 6.42 Å². The van der Waals surface area contributed by atoms with E-state index < -0.39 is 24.1 Å². The molecule has 0 aliphatic carbocycles. The third kappa shape index (κ3) is 5.50. The largest absolute Gasteiger partial charge is 0.480 e. The smallest absolute Gasteiger partial charge is 0.471 e. The van der Waals surface area contributed by atoms with Crippen molar-refractivity contribution in [2.24, 2.45) is 0 Å². The summed E-state index contributed by atoms with van der Waals surface area (Å²) in [5.74, 6) is -3.34. The van der Waals surface area contributed by atoms with E-state index in [2.05, 4.69) is 0 Å². The third-order valence-corrected chi connectivity index (χ3v) is 2.12. The number of alkyl halides is 3. The standard InChI is InChI=1S/C7H10F3NO3S/c1-15-3-2-4(5(12)13)11-6(14)7(8,9)10/h4H,2-3H2,1H3,(H,11,14)(H,12,13)/t4-/m0/s1. The Morgan fingerprint density at radius 1 is 1.47 bits per heavy atom. The van der Waals surface area contributed by atoms with Gasteiger partial charge in [0.1, 0.15) is 6.04 Å². The van der Waals surface area contributed by atoms with Gasteiger partial charge in [0.05, 0.1) is 0 Å². The molecule has 2 N–H and O–H groups in total. The number of aliphatic carboxylic acids is 1. The number of carboxylic acids is 1.